The number of pyridine rings is 3. The molecule has 33 heavy (non-hydrogen) atoms. The molecule has 0 spiro atoms. The second-order valence-electron chi connectivity index (χ2n) is 7.65. The highest BCUT2D eigenvalue weighted by atomic mass is 32.1. The van der Waals surface area contributed by atoms with Crippen molar-refractivity contribution in [2.75, 3.05) is 18.0 Å². The van der Waals surface area contributed by atoms with E-state index in [0.717, 1.165) is 0 Å². The van der Waals surface area contributed by atoms with E-state index in [4.69, 9.17) is 0 Å². The molecule has 4 aromatic heterocycles. The fourth-order valence-electron chi connectivity index (χ4n) is 3.79. The molecule has 1 aliphatic heterocycles. The van der Waals surface area contributed by atoms with E-state index in [1.165, 1.54) is 17.5 Å². The summed E-state index contributed by atoms with van der Waals surface area (Å²) in [7, 11) is 0. The number of fused-ring (bicyclic) bond motifs is 1. The Labute approximate surface area is 191 Å². The van der Waals surface area contributed by atoms with Crippen LogP contribution in [0.25, 0.3) is 16.2 Å². The maximum Gasteiger partial charge on any atom is 0.341 e. The van der Waals surface area contributed by atoms with E-state index < -0.39 is 11.4 Å². The van der Waals surface area contributed by atoms with Crippen molar-refractivity contribution >= 4 is 40.1 Å². The van der Waals surface area contributed by atoms with Crippen molar-refractivity contribution in [3.63, 3.8) is 0 Å². The van der Waals surface area contributed by atoms with Gasteiger partial charge >= 0.3 is 5.97 Å². The van der Waals surface area contributed by atoms with Crippen molar-refractivity contribution in [2.24, 2.45) is 0 Å². The number of carbonyl (C=O) groups is 2. The number of anilines is 1. The Balaban J connectivity index is 1.47. The molecule has 5 heterocycles. The van der Waals surface area contributed by atoms with Crippen LogP contribution in [-0.2, 0) is 0 Å². The van der Waals surface area contributed by atoms with Crippen LogP contribution in [0.15, 0.2) is 53.0 Å². The maximum atomic E-state index is 12.9. The fraction of sp³-hybridized carbons (Fsp3) is 0.182. The fourth-order valence-corrected chi connectivity index (χ4v) is 4.40. The zero-order valence-corrected chi connectivity index (χ0v) is 18.2. The lowest BCUT2D eigenvalue weighted by Gasteiger charge is -2.40. The largest absolute Gasteiger partial charge is 0.477 e. The molecule has 0 atom stereocenters. The minimum Gasteiger partial charge on any atom is -0.477 e. The first kappa shape index (κ1) is 20.8. The average Bonchev–Trinajstić information content (AvgIpc) is 3.30. The zero-order valence-electron chi connectivity index (χ0n) is 17.4. The predicted molar refractivity (Wildman–Crippen MR) is 122 cm³/mol. The third kappa shape index (κ3) is 3.72. The first-order valence-corrected chi connectivity index (χ1v) is 11.0. The van der Waals surface area contributed by atoms with E-state index in [0.29, 0.717) is 40.9 Å². The van der Waals surface area contributed by atoms with Gasteiger partial charge in [0.15, 0.2) is 10.8 Å². The summed E-state index contributed by atoms with van der Waals surface area (Å²) < 4.78 is 1.54. The number of aryl methyl sites for hydroxylation is 1. The molecule has 1 aliphatic rings. The minimum absolute atomic E-state index is 0.0622. The summed E-state index contributed by atoms with van der Waals surface area (Å²) in [6, 6.07) is 6.86. The van der Waals surface area contributed by atoms with Crippen molar-refractivity contribution in [3.05, 3.63) is 75.3 Å². The molecule has 0 radical (unpaired) electrons. The zero-order chi connectivity index (χ0) is 23.1. The standard InChI is InChI=1S/C22H18N6O4S/c1-12-8-16(27-9-13(10-27)25-20(30)15-4-2-3-5-23-15)26-19-17(12)18(29)14(21(31)32)11-28(19)22-24-6-7-33-22/h2-8,11,13H,9-10H2,1H3,(H,25,30)(H,31,32). The highest BCUT2D eigenvalue weighted by molar-refractivity contribution is 7.12. The molecule has 0 saturated carbocycles. The average molecular weight is 462 g/mol. The lowest BCUT2D eigenvalue weighted by Crippen LogP contribution is -2.59. The van der Waals surface area contributed by atoms with Crippen LogP contribution in [0.4, 0.5) is 5.82 Å². The number of nitrogens with zero attached hydrogens (tertiary/aromatic N) is 5. The third-order valence-electron chi connectivity index (χ3n) is 5.44. The van der Waals surface area contributed by atoms with Gasteiger partial charge in [0.1, 0.15) is 17.1 Å². The molecule has 1 fully saturated rings. The first-order chi connectivity index (χ1) is 15.9. The third-order valence-corrected chi connectivity index (χ3v) is 6.21. The number of rotatable bonds is 5. The van der Waals surface area contributed by atoms with E-state index in [1.807, 2.05) is 4.90 Å². The molecule has 166 valence electrons. The van der Waals surface area contributed by atoms with Crippen LogP contribution in [0.3, 0.4) is 0 Å². The van der Waals surface area contributed by atoms with Crippen LogP contribution in [0.1, 0.15) is 26.4 Å². The van der Waals surface area contributed by atoms with Gasteiger partial charge in [0.2, 0.25) is 5.43 Å². The second kappa shape index (κ2) is 8.10. The summed E-state index contributed by atoms with van der Waals surface area (Å²) in [5, 5.41) is 15.0. The smallest absolute Gasteiger partial charge is 0.341 e. The van der Waals surface area contributed by atoms with E-state index in [9.17, 15) is 19.5 Å². The van der Waals surface area contributed by atoms with Crippen LogP contribution >= 0.6 is 11.3 Å². The van der Waals surface area contributed by atoms with E-state index in [1.54, 1.807) is 53.5 Å². The Kier molecular flexibility index (Phi) is 5.09. The number of amides is 1. The van der Waals surface area contributed by atoms with Gasteiger partial charge in [-0.1, -0.05) is 6.07 Å². The summed E-state index contributed by atoms with van der Waals surface area (Å²) in [5.74, 6) is -0.900. The number of aromatic carboxylic acids is 1. The van der Waals surface area contributed by atoms with Gasteiger partial charge in [-0.05, 0) is 30.7 Å². The second-order valence-corrected chi connectivity index (χ2v) is 8.52. The van der Waals surface area contributed by atoms with Crippen LogP contribution in [-0.4, -0.2) is 55.6 Å². The first-order valence-electron chi connectivity index (χ1n) is 10.1. The quantitative estimate of drug-likeness (QED) is 0.460. The molecular formula is C22H18N6O4S. The van der Waals surface area contributed by atoms with Gasteiger partial charge < -0.3 is 15.3 Å². The Morgan fingerprint density at radius 3 is 2.70 bits per heavy atom. The monoisotopic (exact) mass is 462 g/mol. The van der Waals surface area contributed by atoms with Crippen LogP contribution < -0.4 is 15.6 Å². The number of carboxylic acids is 1. The molecule has 0 aliphatic carbocycles. The summed E-state index contributed by atoms with van der Waals surface area (Å²) >= 11 is 1.31. The number of carboxylic acid groups (broad SMARTS) is 1. The van der Waals surface area contributed by atoms with Crippen LogP contribution in [0.5, 0.6) is 0 Å². The molecule has 10 nitrogen and oxygen atoms in total. The molecule has 2 N–H and O–H groups in total. The van der Waals surface area contributed by atoms with Crippen LogP contribution in [0, 0.1) is 6.92 Å². The van der Waals surface area contributed by atoms with Gasteiger partial charge in [-0.25, -0.2) is 14.8 Å². The molecule has 1 amide bonds. The number of thiazole rings is 1. The topological polar surface area (TPSA) is 130 Å². The molecule has 4 aromatic rings. The molecule has 5 rings (SSSR count). The van der Waals surface area contributed by atoms with Crippen molar-refractivity contribution < 1.29 is 14.7 Å². The maximum absolute atomic E-state index is 12.9. The Hall–Kier alpha value is -4.12. The van der Waals surface area contributed by atoms with Gasteiger partial charge in [-0.15, -0.1) is 11.3 Å². The Morgan fingerprint density at radius 2 is 2.03 bits per heavy atom. The summed E-state index contributed by atoms with van der Waals surface area (Å²) in [5.41, 5.74) is 0.408. The molecule has 11 heteroatoms. The molecule has 0 unspecified atom stereocenters. The van der Waals surface area contributed by atoms with E-state index in [2.05, 4.69) is 20.3 Å². The van der Waals surface area contributed by atoms with Gasteiger partial charge in [0, 0.05) is 37.1 Å². The van der Waals surface area contributed by atoms with Gasteiger partial charge in [0.05, 0.1) is 11.4 Å². The van der Waals surface area contributed by atoms with Gasteiger partial charge in [0.25, 0.3) is 5.91 Å². The summed E-state index contributed by atoms with van der Waals surface area (Å²) in [4.78, 5) is 51.8. The van der Waals surface area contributed by atoms with E-state index >= 15 is 0 Å². The molecule has 0 bridgehead atoms. The number of aromatic nitrogens is 4. The van der Waals surface area contributed by atoms with Crippen molar-refractivity contribution in [1.29, 1.82) is 0 Å². The number of nitrogens with one attached hydrogen (secondary N) is 1. The number of hydrogen-bond acceptors (Lipinski definition) is 8. The lowest BCUT2D eigenvalue weighted by molar-refractivity contribution is 0.0694. The Bertz CT molecular complexity index is 1430. The highest BCUT2D eigenvalue weighted by Crippen LogP contribution is 2.26. The SMILES string of the molecule is Cc1cc(N2CC(NC(=O)c3ccccn3)C2)nc2c1c(=O)c(C(=O)O)cn2-c1nccs1. The van der Waals surface area contributed by atoms with Gasteiger partial charge in [-0.2, -0.15) is 0 Å². The number of carbonyl (C=O) groups excluding carboxylic acids is 1. The highest BCUT2D eigenvalue weighted by Gasteiger charge is 2.30. The predicted octanol–water partition coefficient (Wildman–Crippen LogP) is 1.86. The Morgan fingerprint density at radius 1 is 1.21 bits per heavy atom. The van der Waals surface area contributed by atoms with Crippen molar-refractivity contribution in [2.45, 2.75) is 13.0 Å². The van der Waals surface area contributed by atoms with E-state index in [-0.39, 0.29) is 22.9 Å². The molecular weight excluding hydrogens is 444 g/mol. The van der Waals surface area contributed by atoms with Gasteiger partial charge in [-0.3, -0.25) is 19.1 Å². The number of hydrogen-bond donors (Lipinski definition) is 2. The summed E-state index contributed by atoms with van der Waals surface area (Å²) in [6.45, 7) is 2.85. The normalized spacial score (nSPS) is 13.7. The minimum atomic E-state index is -1.30. The molecule has 0 aromatic carbocycles. The van der Waals surface area contributed by atoms with Crippen molar-refractivity contribution in [1.82, 2.24) is 24.8 Å². The van der Waals surface area contributed by atoms with Crippen molar-refractivity contribution in [3.8, 4) is 5.13 Å². The lowest BCUT2D eigenvalue weighted by atomic mass is 10.1. The van der Waals surface area contributed by atoms with Crippen LogP contribution in [0.2, 0.25) is 0 Å². The molecule has 1 saturated heterocycles. The summed E-state index contributed by atoms with van der Waals surface area (Å²) in [6.07, 6.45) is 4.45.